The standard InChI is InChI=1S/C22H27BrN2O3S/c1-4-24-22(27)16(2)25(13-17-7-11-20(28-3)12-8-17)21(26)15-29-14-18-5-9-19(23)10-6-18/h5-12,16H,4,13-15H2,1-3H3,(H,24,27)/t16-/m1/s1. The van der Waals surface area contributed by atoms with Crippen molar-refractivity contribution in [2.45, 2.75) is 32.2 Å². The summed E-state index contributed by atoms with van der Waals surface area (Å²) in [4.78, 5) is 27.0. The summed E-state index contributed by atoms with van der Waals surface area (Å²) in [5.74, 6) is 1.61. The molecule has 1 atom stereocenters. The van der Waals surface area contributed by atoms with Crippen molar-refractivity contribution in [2.24, 2.45) is 0 Å². The normalized spacial score (nSPS) is 11.6. The number of benzene rings is 2. The monoisotopic (exact) mass is 478 g/mol. The molecule has 0 spiro atoms. The van der Waals surface area contributed by atoms with E-state index >= 15 is 0 Å². The third-order valence-electron chi connectivity index (χ3n) is 4.44. The number of ether oxygens (including phenoxy) is 1. The highest BCUT2D eigenvalue weighted by atomic mass is 79.9. The van der Waals surface area contributed by atoms with Crippen molar-refractivity contribution in [1.82, 2.24) is 10.2 Å². The van der Waals surface area contributed by atoms with Crippen LogP contribution in [0.5, 0.6) is 5.75 Å². The Labute approximate surface area is 185 Å². The van der Waals surface area contributed by atoms with Gasteiger partial charge in [-0.1, -0.05) is 40.2 Å². The van der Waals surface area contributed by atoms with E-state index in [0.717, 1.165) is 27.1 Å². The van der Waals surface area contributed by atoms with Crippen LogP contribution in [0.25, 0.3) is 0 Å². The lowest BCUT2D eigenvalue weighted by atomic mass is 10.1. The number of thioether (sulfide) groups is 1. The lowest BCUT2D eigenvalue weighted by Crippen LogP contribution is -2.48. The smallest absolute Gasteiger partial charge is 0.242 e. The Kier molecular flexibility index (Phi) is 9.54. The van der Waals surface area contributed by atoms with Gasteiger partial charge in [0.2, 0.25) is 11.8 Å². The number of nitrogens with zero attached hydrogens (tertiary/aromatic N) is 1. The number of hydrogen-bond donors (Lipinski definition) is 1. The molecule has 0 fully saturated rings. The number of hydrogen-bond acceptors (Lipinski definition) is 4. The summed E-state index contributed by atoms with van der Waals surface area (Å²) < 4.78 is 6.22. The first-order chi connectivity index (χ1) is 13.9. The molecule has 2 amide bonds. The average molecular weight is 479 g/mol. The Bertz CT molecular complexity index is 797. The minimum absolute atomic E-state index is 0.0540. The predicted molar refractivity (Wildman–Crippen MR) is 122 cm³/mol. The van der Waals surface area contributed by atoms with Gasteiger partial charge in [0.15, 0.2) is 0 Å². The first kappa shape index (κ1) is 23.3. The molecule has 2 aromatic rings. The van der Waals surface area contributed by atoms with Gasteiger partial charge in [-0.15, -0.1) is 11.8 Å². The molecule has 2 aromatic carbocycles. The molecule has 0 heterocycles. The molecule has 0 saturated heterocycles. The summed E-state index contributed by atoms with van der Waals surface area (Å²) in [6, 6.07) is 15.1. The van der Waals surface area contributed by atoms with Gasteiger partial charge in [-0.25, -0.2) is 0 Å². The van der Waals surface area contributed by atoms with Crippen LogP contribution in [0.2, 0.25) is 0 Å². The van der Waals surface area contributed by atoms with Crippen molar-refractivity contribution in [1.29, 1.82) is 0 Å². The molecule has 5 nitrogen and oxygen atoms in total. The largest absolute Gasteiger partial charge is 0.497 e. The maximum absolute atomic E-state index is 13.0. The lowest BCUT2D eigenvalue weighted by Gasteiger charge is -2.28. The van der Waals surface area contributed by atoms with Crippen LogP contribution in [0.1, 0.15) is 25.0 Å². The van der Waals surface area contributed by atoms with Gasteiger partial charge >= 0.3 is 0 Å². The average Bonchev–Trinajstić information content (AvgIpc) is 2.73. The van der Waals surface area contributed by atoms with Crippen LogP contribution < -0.4 is 10.1 Å². The summed E-state index contributed by atoms with van der Waals surface area (Å²) in [6.45, 7) is 4.55. The van der Waals surface area contributed by atoms with Gasteiger partial charge in [0, 0.05) is 23.3 Å². The molecule has 0 aliphatic heterocycles. The predicted octanol–water partition coefficient (Wildman–Crippen LogP) is 4.24. The van der Waals surface area contributed by atoms with Crippen molar-refractivity contribution < 1.29 is 14.3 Å². The topological polar surface area (TPSA) is 58.6 Å². The summed E-state index contributed by atoms with van der Waals surface area (Å²) in [5, 5.41) is 2.81. The van der Waals surface area contributed by atoms with Crippen LogP contribution >= 0.6 is 27.7 Å². The third-order valence-corrected chi connectivity index (χ3v) is 5.95. The van der Waals surface area contributed by atoms with Crippen LogP contribution in [0.4, 0.5) is 0 Å². The molecule has 7 heteroatoms. The second-order valence-electron chi connectivity index (χ2n) is 6.56. The molecule has 0 unspecified atom stereocenters. The Balaban J connectivity index is 2.04. The van der Waals surface area contributed by atoms with Crippen LogP contribution in [0, 0.1) is 0 Å². The number of methoxy groups -OCH3 is 1. The zero-order valence-corrected chi connectivity index (χ0v) is 19.4. The molecule has 1 N–H and O–H groups in total. The highest BCUT2D eigenvalue weighted by Crippen LogP contribution is 2.19. The Morgan fingerprint density at radius 2 is 1.72 bits per heavy atom. The minimum Gasteiger partial charge on any atom is -0.497 e. The fourth-order valence-electron chi connectivity index (χ4n) is 2.75. The van der Waals surface area contributed by atoms with Crippen molar-refractivity contribution in [2.75, 3.05) is 19.4 Å². The molecule has 0 saturated carbocycles. The van der Waals surface area contributed by atoms with E-state index in [-0.39, 0.29) is 11.8 Å². The highest BCUT2D eigenvalue weighted by Gasteiger charge is 2.25. The number of rotatable bonds is 10. The van der Waals surface area contributed by atoms with E-state index < -0.39 is 6.04 Å². The second kappa shape index (κ2) is 11.9. The van der Waals surface area contributed by atoms with E-state index in [0.29, 0.717) is 18.8 Å². The van der Waals surface area contributed by atoms with E-state index in [1.165, 1.54) is 0 Å². The molecule has 0 aromatic heterocycles. The van der Waals surface area contributed by atoms with Gasteiger partial charge in [0.25, 0.3) is 0 Å². The van der Waals surface area contributed by atoms with E-state index in [1.54, 1.807) is 30.7 Å². The first-order valence-corrected chi connectivity index (χ1v) is 11.4. The van der Waals surface area contributed by atoms with Gasteiger partial charge in [-0.05, 0) is 49.2 Å². The molecular formula is C22H27BrN2O3S. The molecule has 156 valence electrons. The first-order valence-electron chi connectivity index (χ1n) is 9.47. The van der Waals surface area contributed by atoms with Gasteiger partial charge in [0.1, 0.15) is 11.8 Å². The number of halogens is 1. The van der Waals surface area contributed by atoms with Crippen LogP contribution in [-0.4, -0.2) is 42.2 Å². The van der Waals surface area contributed by atoms with Crippen LogP contribution in [0.3, 0.4) is 0 Å². The Morgan fingerprint density at radius 3 is 2.31 bits per heavy atom. The number of likely N-dealkylation sites (N-methyl/N-ethyl adjacent to an activating group) is 1. The van der Waals surface area contributed by atoms with E-state index in [4.69, 9.17) is 4.74 Å². The van der Waals surface area contributed by atoms with E-state index in [2.05, 4.69) is 21.2 Å². The van der Waals surface area contributed by atoms with Gasteiger partial charge in [-0.3, -0.25) is 9.59 Å². The molecule has 0 aliphatic rings. The minimum atomic E-state index is -0.544. The van der Waals surface area contributed by atoms with Crippen molar-refractivity contribution in [3.63, 3.8) is 0 Å². The molecule has 29 heavy (non-hydrogen) atoms. The van der Waals surface area contributed by atoms with Crippen molar-refractivity contribution >= 4 is 39.5 Å². The molecular weight excluding hydrogens is 452 g/mol. The summed E-state index contributed by atoms with van der Waals surface area (Å²) in [5.41, 5.74) is 2.11. The van der Waals surface area contributed by atoms with Gasteiger partial charge in [-0.2, -0.15) is 0 Å². The van der Waals surface area contributed by atoms with E-state index in [9.17, 15) is 9.59 Å². The summed E-state index contributed by atoms with van der Waals surface area (Å²) >= 11 is 4.97. The number of carbonyl (C=O) groups excluding carboxylic acids is 2. The Morgan fingerprint density at radius 1 is 1.10 bits per heavy atom. The zero-order chi connectivity index (χ0) is 21.2. The fourth-order valence-corrected chi connectivity index (χ4v) is 3.89. The maximum atomic E-state index is 13.0. The molecule has 0 aliphatic carbocycles. The van der Waals surface area contributed by atoms with Crippen LogP contribution in [0.15, 0.2) is 53.0 Å². The van der Waals surface area contributed by atoms with Gasteiger partial charge < -0.3 is 15.0 Å². The van der Waals surface area contributed by atoms with Crippen LogP contribution in [-0.2, 0) is 21.9 Å². The summed E-state index contributed by atoms with van der Waals surface area (Å²) in [7, 11) is 1.62. The number of carbonyl (C=O) groups is 2. The molecule has 0 radical (unpaired) electrons. The van der Waals surface area contributed by atoms with E-state index in [1.807, 2.05) is 55.5 Å². The highest BCUT2D eigenvalue weighted by molar-refractivity contribution is 9.10. The second-order valence-corrected chi connectivity index (χ2v) is 8.46. The number of amides is 2. The van der Waals surface area contributed by atoms with Crippen molar-refractivity contribution in [3.05, 3.63) is 64.1 Å². The number of nitrogens with one attached hydrogen (secondary N) is 1. The Hall–Kier alpha value is -1.99. The molecule has 0 bridgehead atoms. The SMILES string of the molecule is CCNC(=O)[C@@H](C)N(Cc1ccc(OC)cc1)C(=O)CSCc1ccc(Br)cc1. The summed E-state index contributed by atoms with van der Waals surface area (Å²) in [6.07, 6.45) is 0. The maximum Gasteiger partial charge on any atom is 0.242 e. The quantitative estimate of drug-likeness (QED) is 0.554. The molecule has 2 rings (SSSR count). The fraction of sp³-hybridized carbons (Fsp3) is 0.364. The van der Waals surface area contributed by atoms with Crippen molar-refractivity contribution in [3.8, 4) is 5.75 Å². The van der Waals surface area contributed by atoms with Gasteiger partial charge in [0.05, 0.1) is 12.9 Å². The zero-order valence-electron chi connectivity index (χ0n) is 17.0. The lowest BCUT2D eigenvalue weighted by molar-refractivity contribution is -0.138. The third kappa shape index (κ3) is 7.40.